The number of aromatic nitrogens is 2. The number of rotatable bonds is 4. The Morgan fingerprint density at radius 3 is 2.59 bits per heavy atom. The van der Waals surface area contributed by atoms with Gasteiger partial charge in [0.15, 0.2) is 17.3 Å². The summed E-state index contributed by atoms with van der Waals surface area (Å²) in [6.45, 7) is 0. The van der Waals surface area contributed by atoms with Gasteiger partial charge >= 0.3 is 0 Å². The molecular weight excluding hydrogens is 364 g/mol. The van der Waals surface area contributed by atoms with Crippen LogP contribution in [-0.2, 0) is 17.3 Å². The number of hydrogen-bond donors (Lipinski definition) is 0. The maximum atomic E-state index is 12.0. The minimum absolute atomic E-state index is 0.252. The average Bonchev–Trinajstić information content (AvgIpc) is 3.39. The fourth-order valence-electron chi connectivity index (χ4n) is 4.36. The maximum Gasteiger partial charge on any atom is 0.185 e. The molecule has 4 rings (SSSR count). The summed E-state index contributed by atoms with van der Waals surface area (Å²) in [5.74, 6) is 9.33. The molecule has 1 aromatic heterocycles. The molecule has 2 aliphatic rings. The van der Waals surface area contributed by atoms with Gasteiger partial charge in [-0.2, -0.15) is 0 Å². The van der Waals surface area contributed by atoms with Crippen LogP contribution in [0, 0.1) is 11.8 Å². The van der Waals surface area contributed by atoms with E-state index in [1.807, 2.05) is 23.9 Å². The second kappa shape index (κ2) is 8.32. The van der Waals surface area contributed by atoms with Crippen LogP contribution in [0.25, 0.3) is 0 Å². The van der Waals surface area contributed by atoms with E-state index in [-0.39, 0.29) is 11.5 Å². The zero-order valence-electron chi connectivity index (χ0n) is 17.2. The first-order valence-electron chi connectivity index (χ1n) is 10.5. The predicted octanol–water partition coefficient (Wildman–Crippen LogP) is 4.18. The molecule has 0 saturated heterocycles. The number of carbonyl (C=O) groups excluding carboxylic acids is 1. The van der Waals surface area contributed by atoms with Gasteiger partial charge in [-0.15, -0.1) is 0 Å². The summed E-state index contributed by atoms with van der Waals surface area (Å²) in [7, 11) is 3.61. The Bertz CT molecular complexity index is 935. The molecule has 0 amide bonds. The standard InChI is InChI=1S/C24H28N2O3/c1-26-16-15-25-23(26)11-14-24(12-9-19(27)10-13-24)18-7-8-21(28-2)22(17-18)29-20-5-3-4-6-20/h7-8,15-17,20H,3-6,9-10,12-13H2,1-2H3. The van der Waals surface area contributed by atoms with Crippen molar-refractivity contribution in [2.24, 2.45) is 7.05 Å². The molecule has 0 N–H and O–H groups in total. The van der Waals surface area contributed by atoms with Crippen molar-refractivity contribution in [3.63, 3.8) is 0 Å². The number of ether oxygens (including phenoxy) is 2. The van der Waals surface area contributed by atoms with Crippen molar-refractivity contribution in [3.05, 3.63) is 42.0 Å². The Hall–Kier alpha value is -2.74. The third-order valence-electron chi connectivity index (χ3n) is 6.21. The summed E-state index contributed by atoms with van der Waals surface area (Å²) in [5.41, 5.74) is 0.723. The van der Waals surface area contributed by atoms with Crippen molar-refractivity contribution < 1.29 is 14.3 Å². The van der Waals surface area contributed by atoms with Gasteiger partial charge in [0.25, 0.3) is 0 Å². The average molecular weight is 392 g/mol. The highest BCUT2D eigenvalue weighted by molar-refractivity contribution is 5.80. The number of hydrogen-bond acceptors (Lipinski definition) is 4. The van der Waals surface area contributed by atoms with Crippen molar-refractivity contribution in [3.8, 4) is 23.3 Å². The molecule has 0 unspecified atom stereocenters. The van der Waals surface area contributed by atoms with Crippen LogP contribution < -0.4 is 9.47 Å². The summed E-state index contributed by atoms with van der Waals surface area (Å²) in [6.07, 6.45) is 11.1. The van der Waals surface area contributed by atoms with E-state index in [4.69, 9.17) is 9.47 Å². The quantitative estimate of drug-likeness (QED) is 0.733. The van der Waals surface area contributed by atoms with Crippen LogP contribution in [0.4, 0.5) is 0 Å². The van der Waals surface area contributed by atoms with E-state index in [9.17, 15) is 4.79 Å². The van der Waals surface area contributed by atoms with Gasteiger partial charge in [0, 0.05) is 32.3 Å². The molecule has 5 nitrogen and oxygen atoms in total. The number of carbonyl (C=O) groups is 1. The zero-order valence-corrected chi connectivity index (χ0v) is 17.2. The van der Waals surface area contributed by atoms with Gasteiger partial charge < -0.3 is 14.0 Å². The molecule has 0 spiro atoms. The number of imidazole rings is 1. The highest BCUT2D eigenvalue weighted by Crippen LogP contribution is 2.42. The zero-order chi connectivity index (χ0) is 20.3. The third-order valence-corrected chi connectivity index (χ3v) is 6.21. The minimum atomic E-state index is -0.375. The molecule has 152 valence electrons. The van der Waals surface area contributed by atoms with Crippen LogP contribution in [0.5, 0.6) is 11.5 Å². The summed E-state index contributed by atoms with van der Waals surface area (Å²) in [6, 6.07) is 6.13. The lowest BCUT2D eigenvalue weighted by Crippen LogP contribution is -2.31. The Morgan fingerprint density at radius 1 is 1.17 bits per heavy atom. The number of Topliss-reactive ketones (excluding diaryl/α,β-unsaturated/α-hetero) is 1. The Labute approximate surface area is 172 Å². The smallest absolute Gasteiger partial charge is 0.185 e. The van der Waals surface area contributed by atoms with E-state index in [0.29, 0.717) is 18.6 Å². The van der Waals surface area contributed by atoms with Crippen LogP contribution in [0.1, 0.15) is 62.8 Å². The van der Waals surface area contributed by atoms with E-state index >= 15 is 0 Å². The number of methoxy groups -OCH3 is 1. The van der Waals surface area contributed by atoms with E-state index in [1.54, 1.807) is 13.3 Å². The number of aryl methyl sites for hydroxylation is 1. The first kappa shape index (κ1) is 19.6. The van der Waals surface area contributed by atoms with Crippen LogP contribution in [0.15, 0.2) is 30.6 Å². The summed E-state index contributed by atoms with van der Waals surface area (Å²) < 4.78 is 13.8. The molecule has 2 fully saturated rings. The molecule has 1 heterocycles. The van der Waals surface area contributed by atoms with Crippen molar-refractivity contribution in [2.75, 3.05) is 7.11 Å². The van der Waals surface area contributed by atoms with Crippen LogP contribution in [0.3, 0.4) is 0 Å². The lowest BCUT2D eigenvalue weighted by atomic mass is 9.69. The molecule has 0 aliphatic heterocycles. The molecule has 1 aromatic carbocycles. The van der Waals surface area contributed by atoms with Gasteiger partial charge in [-0.05, 0) is 62.1 Å². The second-order valence-corrected chi connectivity index (χ2v) is 8.12. The lowest BCUT2D eigenvalue weighted by molar-refractivity contribution is -0.120. The fourth-order valence-corrected chi connectivity index (χ4v) is 4.36. The molecule has 0 radical (unpaired) electrons. The van der Waals surface area contributed by atoms with E-state index < -0.39 is 0 Å². The van der Waals surface area contributed by atoms with Crippen molar-refractivity contribution in [1.82, 2.24) is 9.55 Å². The van der Waals surface area contributed by atoms with E-state index in [2.05, 4.69) is 29.0 Å². The monoisotopic (exact) mass is 392 g/mol. The Balaban J connectivity index is 1.71. The second-order valence-electron chi connectivity index (χ2n) is 8.12. The first-order chi connectivity index (χ1) is 14.1. The van der Waals surface area contributed by atoms with E-state index in [1.165, 1.54) is 12.8 Å². The van der Waals surface area contributed by atoms with Gasteiger partial charge in [-0.1, -0.05) is 12.0 Å². The number of nitrogens with zero attached hydrogens (tertiary/aromatic N) is 2. The predicted molar refractivity (Wildman–Crippen MR) is 111 cm³/mol. The molecule has 29 heavy (non-hydrogen) atoms. The molecule has 2 aromatic rings. The van der Waals surface area contributed by atoms with Crippen LogP contribution in [-0.4, -0.2) is 28.5 Å². The SMILES string of the molecule is COc1ccc(C2(C#Cc3nccn3C)CCC(=O)CC2)cc1OC1CCCC1. The molecular formula is C24H28N2O3. The van der Waals surface area contributed by atoms with Gasteiger partial charge in [0.1, 0.15) is 5.78 Å². The molecule has 5 heteroatoms. The summed E-state index contributed by atoms with van der Waals surface area (Å²) in [5, 5.41) is 0. The molecule has 2 saturated carbocycles. The van der Waals surface area contributed by atoms with Crippen molar-refractivity contribution in [2.45, 2.75) is 62.9 Å². The Kier molecular flexibility index (Phi) is 5.62. The first-order valence-corrected chi connectivity index (χ1v) is 10.5. The third kappa shape index (κ3) is 4.17. The van der Waals surface area contributed by atoms with E-state index in [0.717, 1.165) is 48.6 Å². The maximum absolute atomic E-state index is 12.0. The van der Waals surface area contributed by atoms with Crippen molar-refractivity contribution in [1.29, 1.82) is 0 Å². The van der Waals surface area contributed by atoms with Crippen LogP contribution in [0.2, 0.25) is 0 Å². The summed E-state index contributed by atoms with van der Waals surface area (Å²) in [4.78, 5) is 16.3. The largest absolute Gasteiger partial charge is 0.493 e. The van der Waals surface area contributed by atoms with Crippen LogP contribution >= 0.6 is 0 Å². The number of ketones is 1. The highest BCUT2D eigenvalue weighted by Gasteiger charge is 2.36. The van der Waals surface area contributed by atoms with Crippen molar-refractivity contribution >= 4 is 5.78 Å². The van der Waals surface area contributed by atoms with Gasteiger partial charge in [-0.25, -0.2) is 4.98 Å². The van der Waals surface area contributed by atoms with Gasteiger partial charge in [0.05, 0.1) is 18.6 Å². The molecule has 0 bridgehead atoms. The molecule has 0 atom stereocenters. The highest BCUT2D eigenvalue weighted by atomic mass is 16.5. The lowest BCUT2D eigenvalue weighted by Gasteiger charge is -2.33. The van der Waals surface area contributed by atoms with Gasteiger partial charge in [-0.3, -0.25) is 4.79 Å². The Morgan fingerprint density at radius 2 is 1.93 bits per heavy atom. The minimum Gasteiger partial charge on any atom is -0.493 e. The fraction of sp³-hybridized carbons (Fsp3) is 0.500. The molecule has 2 aliphatic carbocycles. The summed E-state index contributed by atoms with van der Waals surface area (Å²) >= 11 is 0. The van der Waals surface area contributed by atoms with Gasteiger partial charge in [0.2, 0.25) is 0 Å². The topological polar surface area (TPSA) is 53.4 Å². The normalized spacial score (nSPS) is 18.9. The number of benzene rings is 1.